The maximum atomic E-state index is 13.1. The maximum Gasteiger partial charge on any atom is 0.338 e. The van der Waals surface area contributed by atoms with Crippen molar-refractivity contribution in [3.05, 3.63) is 94.5 Å². The van der Waals surface area contributed by atoms with E-state index in [1.54, 1.807) is 0 Å². The van der Waals surface area contributed by atoms with E-state index in [9.17, 15) is 18.0 Å². The molecule has 0 spiro atoms. The first kappa shape index (κ1) is 23.7. The summed E-state index contributed by atoms with van der Waals surface area (Å²) in [5.41, 5.74) is 4.84. The molecule has 1 amide bonds. The van der Waals surface area contributed by atoms with Crippen LogP contribution in [0, 0.1) is 13.8 Å². The number of sulfonamides is 1. The predicted molar refractivity (Wildman–Crippen MR) is 129 cm³/mol. The molecule has 7 nitrogen and oxygen atoms in total. The van der Waals surface area contributed by atoms with E-state index in [4.69, 9.17) is 4.74 Å². The molecule has 0 aromatic heterocycles. The lowest BCUT2D eigenvalue weighted by Crippen LogP contribution is -2.35. The Bertz CT molecular complexity index is 1310. The lowest BCUT2D eigenvalue weighted by molar-refractivity contribution is -0.119. The zero-order chi connectivity index (χ0) is 24.3. The van der Waals surface area contributed by atoms with E-state index in [2.05, 4.69) is 5.32 Å². The molecule has 1 heterocycles. The fourth-order valence-electron chi connectivity index (χ4n) is 3.99. The quantitative estimate of drug-likeness (QED) is 0.544. The van der Waals surface area contributed by atoms with Crippen molar-refractivity contribution >= 4 is 27.6 Å². The highest BCUT2D eigenvalue weighted by molar-refractivity contribution is 7.89. The number of fused-ring (bicyclic) bond motifs is 1. The first-order valence-electron chi connectivity index (χ1n) is 11.0. The first-order valence-corrected chi connectivity index (χ1v) is 12.4. The van der Waals surface area contributed by atoms with Crippen molar-refractivity contribution in [3.8, 4) is 0 Å². The molecule has 0 saturated heterocycles. The Morgan fingerprint density at radius 2 is 1.56 bits per heavy atom. The molecule has 0 unspecified atom stereocenters. The molecule has 1 aliphatic rings. The van der Waals surface area contributed by atoms with Gasteiger partial charge >= 0.3 is 5.97 Å². The number of esters is 1. The smallest absolute Gasteiger partial charge is 0.338 e. The minimum atomic E-state index is -3.70. The fraction of sp³-hybridized carbons (Fsp3) is 0.231. The van der Waals surface area contributed by atoms with Crippen LogP contribution in [0.5, 0.6) is 0 Å². The summed E-state index contributed by atoms with van der Waals surface area (Å²) in [6.07, 6.45) is 0.657. The lowest BCUT2D eigenvalue weighted by Gasteiger charge is -2.28. The minimum Gasteiger partial charge on any atom is -0.452 e. The van der Waals surface area contributed by atoms with E-state index in [1.165, 1.54) is 28.6 Å². The number of aryl methyl sites for hydroxylation is 2. The number of anilines is 1. The van der Waals surface area contributed by atoms with E-state index >= 15 is 0 Å². The lowest BCUT2D eigenvalue weighted by atomic mass is 10.0. The summed E-state index contributed by atoms with van der Waals surface area (Å²) in [6.45, 7) is 4.04. The van der Waals surface area contributed by atoms with Crippen LogP contribution >= 0.6 is 0 Å². The number of nitrogens with one attached hydrogen (secondary N) is 1. The molecule has 34 heavy (non-hydrogen) atoms. The highest BCUT2D eigenvalue weighted by Crippen LogP contribution is 2.25. The van der Waals surface area contributed by atoms with Crippen LogP contribution in [-0.2, 0) is 32.5 Å². The van der Waals surface area contributed by atoms with Crippen molar-refractivity contribution in [1.29, 1.82) is 0 Å². The minimum absolute atomic E-state index is 0.108. The molecule has 8 heteroatoms. The van der Waals surface area contributed by atoms with Crippen LogP contribution in [0.25, 0.3) is 0 Å². The van der Waals surface area contributed by atoms with E-state index in [0.29, 0.717) is 25.2 Å². The fourth-order valence-corrected chi connectivity index (χ4v) is 5.41. The van der Waals surface area contributed by atoms with E-state index in [0.717, 1.165) is 22.3 Å². The highest BCUT2D eigenvalue weighted by Gasteiger charge is 2.28. The van der Waals surface area contributed by atoms with Crippen LogP contribution in [0.2, 0.25) is 0 Å². The number of hydrogen-bond acceptors (Lipinski definition) is 5. The average Bonchev–Trinajstić information content (AvgIpc) is 2.84. The SMILES string of the molecule is Cc1cccc(C)c1NC(=O)COC(=O)c1ccc(S(=O)(=O)N2CCc3ccccc3C2)cc1. The van der Waals surface area contributed by atoms with Crippen LogP contribution in [0.3, 0.4) is 0 Å². The van der Waals surface area contributed by atoms with Crippen LogP contribution in [0.4, 0.5) is 5.69 Å². The van der Waals surface area contributed by atoms with Gasteiger partial charge in [-0.1, -0.05) is 42.5 Å². The van der Waals surface area contributed by atoms with Crippen molar-refractivity contribution in [2.24, 2.45) is 0 Å². The number of ether oxygens (including phenoxy) is 1. The first-order chi connectivity index (χ1) is 16.3. The Morgan fingerprint density at radius 1 is 0.912 bits per heavy atom. The molecular formula is C26H26N2O5S. The molecule has 0 radical (unpaired) electrons. The Morgan fingerprint density at radius 3 is 2.24 bits per heavy atom. The van der Waals surface area contributed by atoms with Crippen molar-refractivity contribution < 1.29 is 22.7 Å². The van der Waals surface area contributed by atoms with E-state index < -0.39 is 28.5 Å². The van der Waals surface area contributed by atoms with Crippen molar-refractivity contribution in [3.63, 3.8) is 0 Å². The van der Waals surface area contributed by atoms with Gasteiger partial charge in [0, 0.05) is 18.8 Å². The number of hydrogen-bond donors (Lipinski definition) is 1. The van der Waals surface area contributed by atoms with Crippen molar-refractivity contribution in [1.82, 2.24) is 4.31 Å². The molecule has 0 bridgehead atoms. The van der Waals surface area contributed by atoms with Gasteiger partial charge in [-0.3, -0.25) is 4.79 Å². The summed E-state index contributed by atoms with van der Waals surface area (Å²) in [5.74, 6) is -1.15. The monoisotopic (exact) mass is 478 g/mol. The molecule has 1 N–H and O–H groups in total. The molecule has 1 aliphatic heterocycles. The summed E-state index contributed by atoms with van der Waals surface area (Å²) in [6, 6.07) is 19.0. The summed E-state index contributed by atoms with van der Waals surface area (Å²) < 4.78 is 32.7. The van der Waals surface area contributed by atoms with Crippen LogP contribution < -0.4 is 5.32 Å². The second-order valence-corrected chi connectivity index (χ2v) is 10.2. The van der Waals surface area contributed by atoms with Gasteiger partial charge in [0.1, 0.15) is 0 Å². The van der Waals surface area contributed by atoms with Gasteiger partial charge in [-0.2, -0.15) is 4.31 Å². The van der Waals surface area contributed by atoms with Gasteiger partial charge < -0.3 is 10.1 Å². The molecule has 0 fully saturated rings. The van der Waals surface area contributed by atoms with Crippen LogP contribution in [-0.4, -0.2) is 37.8 Å². The van der Waals surface area contributed by atoms with Gasteiger partial charge in [0.15, 0.2) is 6.61 Å². The molecule has 0 aliphatic carbocycles. The third-order valence-electron chi connectivity index (χ3n) is 5.90. The van der Waals surface area contributed by atoms with Crippen LogP contribution in [0.1, 0.15) is 32.6 Å². The third-order valence-corrected chi connectivity index (χ3v) is 7.76. The Labute approximate surface area is 199 Å². The molecular weight excluding hydrogens is 452 g/mol. The Balaban J connectivity index is 1.37. The predicted octanol–water partition coefficient (Wildman–Crippen LogP) is 3.85. The average molecular weight is 479 g/mol. The van der Waals surface area contributed by atoms with Gasteiger partial charge in [-0.05, 0) is 66.8 Å². The van der Waals surface area contributed by atoms with Gasteiger partial charge in [0.05, 0.1) is 10.5 Å². The van der Waals surface area contributed by atoms with Gasteiger partial charge in [0.2, 0.25) is 10.0 Å². The molecule has 176 valence electrons. The second-order valence-electron chi connectivity index (χ2n) is 8.27. The molecule has 3 aromatic rings. The largest absolute Gasteiger partial charge is 0.452 e. The topological polar surface area (TPSA) is 92.8 Å². The normalized spacial score (nSPS) is 13.7. The Hall–Kier alpha value is -3.49. The third kappa shape index (κ3) is 5.03. The number of nitrogens with zero attached hydrogens (tertiary/aromatic N) is 1. The number of rotatable bonds is 6. The molecule has 0 atom stereocenters. The van der Waals surface area contributed by atoms with Gasteiger partial charge in [-0.25, -0.2) is 13.2 Å². The number of carbonyl (C=O) groups excluding carboxylic acids is 2. The van der Waals surface area contributed by atoms with E-state index in [-0.39, 0.29) is 10.5 Å². The van der Waals surface area contributed by atoms with Crippen LogP contribution in [0.15, 0.2) is 71.6 Å². The molecule has 4 rings (SSSR count). The summed E-state index contributed by atoms with van der Waals surface area (Å²) >= 11 is 0. The summed E-state index contributed by atoms with van der Waals surface area (Å²) in [5, 5.41) is 2.76. The van der Waals surface area contributed by atoms with Gasteiger partial charge in [-0.15, -0.1) is 0 Å². The Kier molecular flexibility index (Phi) is 6.81. The number of benzene rings is 3. The number of carbonyl (C=O) groups is 2. The van der Waals surface area contributed by atoms with Crippen molar-refractivity contribution in [2.45, 2.75) is 31.7 Å². The maximum absolute atomic E-state index is 13.1. The summed E-state index contributed by atoms with van der Waals surface area (Å²) in [7, 11) is -3.70. The number of para-hydroxylation sites is 1. The zero-order valence-electron chi connectivity index (χ0n) is 19.1. The second kappa shape index (κ2) is 9.79. The van der Waals surface area contributed by atoms with Crippen molar-refractivity contribution in [2.75, 3.05) is 18.5 Å². The van der Waals surface area contributed by atoms with Gasteiger partial charge in [0.25, 0.3) is 5.91 Å². The zero-order valence-corrected chi connectivity index (χ0v) is 19.9. The summed E-state index contributed by atoms with van der Waals surface area (Å²) in [4.78, 5) is 24.7. The highest BCUT2D eigenvalue weighted by atomic mass is 32.2. The molecule has 3 aromatic carbocycles. The number of amides is 1. The van der Waals surface area contributed by atoms with E-state index in [1.807, 2.05) is 56.3 Å². The standard InChI is InChI=1S/C26H26N2O5S/c1-18-6-5-7-19(2)25(18)27-24(29)17-33-26(30)21-10-12-23(13-11-21)34(31,32)28-15-14-20-8-3-4-9-22(20)16-28/h3-13H,14-17H2,1-2H3,(H,27,29). The molecule has 0 saturated carbocycles.